The molecule has 4 nitrogen and oxygen atoms in total. The van der Waals surface area contributed by atoms with Crippen molar-refractivity contribution in [3.05, 3.63) is 23.5 Å². The highest BCUT2D eigenvalue weighted by atomic mass is 35.5. The predicted molar refractivity (Wildman–Crippen MR) is 56.5 cm³/mol. The van der Waals surface area contributed by atoms with Crippen LogP contribution in [-0.4, -0.2) is 17.1 Å². The number of esters is 1. The summed E-state index contributed by atoms with van der Waals surface area (Å²) < 4.78 is 6.59. The van der Waals surface area contributed by atoms with Gasteiger partial charge < -0.3 is 15.0 Å². The molecule has 0 saturated heterocycles. The van der Waals surface area contributed by atoms with Crippen molar-refractivity contribution in [2.24, 2.45) is 12.8 Å². The Hall–Kier alpha value is -1.00. The fraction of sp³-hybridized carbons (Fsp3) is 0.444. The molecule has 2 N–H and O–H groups in total. The molecule has 1 aromatic rings. The van der Waals surface area contributed by atoms with Crippen LogP contribution in [0.2, 0.25) is 0 Å². The van der Waals surface area contributed by atoms with Gasteiger partial charge in [-0.15, -0.1) is 12.4 Å². The van der Waals surface area contributed by atoms with E-state index in [2.05, 4.69) is 0 Å². The summed E-state index contributed by atoms with van der Waals surface area (Å²) in [7, 11) is 1.80. The van der Waals surface area contributed by atoms with E-state index in [1.807, 2.05) is 6.20 Å². The number of rotatable bonds is 3. The first-order chi connectivity index (χ1) is 6.19. The molecule has 1 rings (SSSR count). The molecule has 0 atom stereocenters. The molecule has 0 aromatic carbocycles. The topological polar surface area (TPSA) is 57.2 Å². The molecule has 0 unspecified atom stereocenters. The molecular weight excluding hydrogens is 204 g/mol. The van der Waals surface area contributed by atoms with Crippen LogP contribution in [0, 0.1) is 0 Å². The summed E-state index contributed by atoms with van der Waals surface area (Å²) in [6.45, 7) is 2.61. The van der Waals surface area contributed by atoms with Gasteiger partial charge in [0.25, 0.3) is 0 Å². The summed E-state index contributed by atoms with van der Waals surface area (Å²) in [4.78, 5) is 11.3. The van der Waals surface area contributed by atoms with E-state index >= 15 is 0 Å². The van der Waals surface area contributed by atoms with Crippen LogP contribution in [0.1, 0.15) is 23.0 Å². The first kappa shape index (κ1) is 13.0. The molecule has 1 heterocycles. The van der Waals surface area contributed by atoms with Gasteiger partial charge in [-0.25, -0.2) is 4.79 Å². The maximum atomic E-state index is 11.3. The normalized spacial score (nSPS) is 9.36. The lowest BCUT2D eigenvalue weighted by Crippen LogP contribution is -2.08. The first-order valence-corrected chi connectivity index (χ1v) is 4.21. The van der Waals surface area contributed by atoms with Gasteiger partial charge in [0.2, 0.25) is 0 Å². The summed E-state index contributed by atoms with van der Waals surface area (Å²) in [5.41, 5.74) is 6.92. The molecule has 0 bridgehead atoms. The van der Waals surface area contributed by atoms with Crippen molar-refractivity contribution < 1.29 is 9.53 Å². The second-order valence-corrected chi connectivity index (χ2v) is 2.77. The standard InChI is InChI=1S/C9H14N2O2.ClH/c1-3-13-9(12)8-4-7(5-10)6-11(8)2;/h4,6H,3,5,10H2,1-2H3;1H. The Morgan fingerprint density at radius 2 is 2.29 bits per heavy atom. The van der Waals surface area contributed by atoms with Crippen molar-refractivity contribution >= 4 is 18.4 Å². The number of aryl methyl sites for hydroxylation is 1. The SMILES string of the molecule is CCOC(=O)c1cc(CN)cn1C.Cl. The molecular formula is C9H15ClN2O2. The molecule has 80 valence electrons. The third kappa shape index (κ3) is 2.75. The molecule has 0 aliphatic rings. The number of aromatic nitrogens is 1. The van der Waals surface area contributed by atoms with Crippen LogP contribution >= 0.6 is 12.4 Å². The van der Waals surface area contributed by atoms with Crippen molar-refractivity contribution in [2.45, 2.75) is 13.5 Å². The lowest BCUT2D eigenvalue weighted by Gasteiger charge is -2.01. The Morgan fingerprint density at radius 1 is 1.64 bits per heavy atom. The largest absolute Gasteiger partial charge is 0.461 e. The minimum Gasteiger partial charge on any atom is -0.461 e. The Balaban J connectivity index is 0.00000169. The summed E-state index contributed by atoms with van der Waals surface area (Å²) in [6.07, 6.45) is 1.83. The zero-order valence-corrected chi connectivity index (χ0v) is 9.13. The van der Waals surface area contributed by atoms with Gasteiger partial charge in [-0.1, -0.05) is 0 Å². The second-order valence-electron chi connectivity index (χ2n) is 2.77. The molecule has 0 aliphatic heterocycles. The highest BCUT2D eigenvalue weighted by molar-refractivity contribution is 5.88. The molecule has 1 aromatic heterocycles. The van der Waals surface area contributed by atoms with Crippen LogP contribution in [0.4, 0.5) is 0 Å². The van der Waals surface area contributed by atoms with E-state index in [-0.39, 0.29) is 18.4 Å². The van der Waals surface area contributed by atoms with E-state index in [0.717, 1.165) is 5.56 Å². The predicted octanol–water partition coefficient (Wildman–Crippen LogP) is 1.08. The molecule has 0 spiro atoms. The van der Waals surface area contributed by atoms with E-state index < -0.39 is 0 Å². The number of ether oxygens (including phenoxy) is 1. The fourth-order valence-corrected chi connectivity index (χ4v) is 1.15. The van der Waals surface area contributed by atoms with Gasteiger partial charge >= 0.3 is 5.97 Å². The summed E-state index contributed by atoms with van der Waals surface area (Å²) in [6, 6.07) is 1.75. The third-order valence-corrected chi connectivity index (χ3v) is 1.78. The van der Waals surface area contributed by atoms with Gasteiger partial charge in [0, 0.05) is 19.8 Å². The lowest BCUT2D eigenvalue weighted by molar-refractivity contribution is 0.0515. The van der Waals surface area contributed by atoms with Crippen LogP contribution in [0.5, 0.6) is 0 Å². The number of carbonyl (C=O) groups excluding carboxylic acids is 1. The van der Waals surface area contributed by atoms with Crippen molar-refractivity contribution in [2.75, 3.05) is 6.61 Å². The molecule has 0 radical (unpaired) electrons. The summed E-state index contributed by atoms with van der Waals surface area (Å²) >= 11 is 0. The summed E-state index contributed by atoms with van der Waals surface area (Å²) in [5.74, 6) is -0.301. The number of nitrogens with zero attached hydrogens (tertiary/aromatic N) is 1. The van der Waals surface area contributed by atoms with Gasteiger partial charge in [-0.05, 0) is 18.6 Å². The van der Waals surface area contributed by atoms with E-state index in [0.29, 0.717) is 18.8 Å². The minimum absolute atomic E-state index is 0. The van der Waals surface area contributed by atoms with Crippen molar-refractivity contribution in [1.29, 1.82) is 0 Å². The monoisotopic (exact) mass is 218 g/mol. The van der Waals surface area contributed by atoms with Crippen LogP contribution in [0.25, 0.3) is 0 Å². The minimum atomic E-state index is -0.301. The molecule has 0 amide bonds. The highest BCUT2D eigenvalue weighted by Gasteiger charge is 2.11. The number of hydrogen-bond acceptors (Lipinski definition) is 3. The number of carbonyl (C=O) groups is 1. The van der Waals surface area contributed by atoms with Crippen molar-refractivity contribution in [3.63, 3.8) is 0 Å². The average molecular weight is 219 g/mol. The van der Waals surface area contributed by atoms with Gasteiger partial charge in [0.1, 0.15) is 5.69 Å². The Kier molecular flexibility index (Phi) is 5.27. The molecule has 0 aliphatic carbocycles. The van der Waals surface area contributed by atoms with Crippen LogP contribution in [0.3, 0.4) is 0 Å². The fourth-order valence-electron chi connectivity index (χ4n) is 1.15. The quantitative estimate of drug-likeness (QED) is 0.773. The molecule has 0 fully saturated rings. The third-order valence-electron chi connectivity index (χ3n) is 1.78. The van der Waals surface area contributed by atoms with Crippen LogP contribution in [-0.2, 0) is 18.3 Å². The van der Waals surface area contributed by atoms with Crippen LogP contribution < -0.4 is 5.73 Å². The lowest BCUT2D eigenvalue weighted by atomic mass is 10.3. The first-order valence-electron chi connectivity index (χ1n) is 4.21. The van der Waals surface area contributed by atoms with Gasteiger partial charge in [-0.2, -0.15) is 0 Å². The maximum Gasteiger partial charge on any atom is 0.354 e. The van der Waals surface area contributed by atoms with Crippen molar-refractivity contribution in [1.82, 2.24) is 4.57 Å². The van der Waals surface area contributed by atoms with Crippen LogP contribution in [0.15, 0.2) is 12.3 Å². The zero-order valence-electron chi connectivity index (χ0n) is 8.32. The number of halogens is 1. The van der Waals surface area contributed by atoms with E-state index in [9.17, 15) is 4.79 Å². The smallest absolute Gasteiger partial charge is 0.354 e. The van der Waals surface area contributed by atoms with Gasteiger partial charge in [0.15, 0.2) is 0 Å². The maximum absolute atomic E-state index is 11.3. The van der Waals surface area contributed by atoms with Crippen molar-refractivity contribution in [3.8, 4) is 0 Å². The summed E-state index contributed by atoms with van der Waals surface area (Å²) in [5, 5.41) is 0. The Labute approximate surface area is 89.4 Å². The molecule has 14 heavy (non-hydrogen) atoms. The second kappa shape index (κ2) is 5.67. The molecule has 5 heteroatoms. The molecule has 0 saturated carbocycles. The van der Waals surface area contributed by atoms with Gasteiger partial charge in [-0.3, -0.25) is 0 Å². The van der Waals surface area contributed by atoms with Gasteiger partial charge in [0.05, 0.1) is 6.61 Å². The van der Waals surface area contributed by atoms with E-state index in [1.165, 1.54) is 0 Å². The van der Waals surface area contributed by atoms with E-state index in [1.54, 1.807) is 24.6 Å². The Morgan fingerprint density at radius 3 is 2.71 bits per heavy atom. The number of nitrogens with two attached hydrogens (primary N) is 1. The average Bonchev–Trinajstić information content (AvgIpc) is 2.47. The Bertz CT molecular complexity index is 310. The number of hydrogen-bond donors (Lipinski definition) is 1. The highest BCUT2D eigenvalue weighted by Crippen LogP contribution is 2.07. The zero-order chi connectivity index (χ0) is 9.84. The van der Waals surface area contributed by atoms with E-state index in [4.69, 9.17) is 10.5 Å².